The monoisotopic (exact) mass is 372 g/mol. The second-order valence-corrected chi connectivity index (χ2v) is 7.19. The van der Waals surface area contributed by atoms with Crippen LogP contribution in [0.3, 0.4) is 0 Å². The molecule has 0 radical (unpaired) electrons. The Balaban J connectivity index is 1.85. The van der Waals surface area contributed by atoms with Crippen molar-refractivity contribution in [1.29, 1.82) is 0 Å². The van der Waals surface area contributed by atoms with Crippen molar-refractivity contribution in [1.82, 2.24) is 10.2 Å². The topological polar surface area (TPSA) is 15.3 Å². The Morgan fingerprint density at radius 1 is 0.889 bits per heavy atom. The number of rotatable bonds is 4. The molecule has 0 spiro atoms. The molecule has 0 bridgehead atoms. The van der Waals surface area contributed by atoms with Crippen LogP contribution in [0.2, 0.25) is 0 Å². The summed E-state index contributed by atoms with van der Waals surface area (Å²) in [5.74, 6) is 0. The molecule has 1 heterocycles. The van der Waals surface area contributed by atoms with Crippen molar-refractivity contribution < 1.29 is 13.2 Å². The van der Waals surface area contributed by atoms with E-state index in [9.17, 15) is 13.2 Å². The molecule has 1 aliphatic rings. The van der Waals surface area contributed by atoms with Gasteiger partial charge in [-0.3, -0.25) is 4.90 Å². The van der Waals surface area contributed by atoms with Crippen LogP contribution < -0.4 is 5.32 Å². The van der Waals surface area contributed by atoms with Gasteiger partial charge in [-0.15, -0.1) is 0 Å². The summed E-state index contributed by atoms with van der Waals surface area (Å²) in [5.41, 5.74) is 1.01. The van der Waals surface area contributed by atoms with Gasteiger partial charge in [-0.25, -0.2) is 0 Å². The minimum Gasteiger partial charge on any atom is -0.314 e. The number of piperazine rings is 1. The third kappa shape index (κ3) is 3.94. The van der Waals surface area contributed by atoms with Crippen molar-refractivity contribution in [2.24, 2.45) is 0 Å². The second kappa shape index (κ2) is 7.49. The fourth-order valence-corrected chi connectivity index (χ4v) is 4.19. The molecular formula is C22H23F3N2. The van der Waals surface area contributed by atoms with Crippen LogP contribution in [0.15, 0.2) is 54.6 Å². The highest BCUT2D eigenvalue weighted by atomic mass is 19.4. The van der Waals surface area contributed by atoms with Gasteiger partial charge in [0, 0.05) is 38.6 Å². The zero-order chi connectivity index (χ0) is 18.9. The first kappa shape index (κ1) is 18.3. The quantitative estimate of drug-likeness (QED) is 0.627. The maximum absolute atomic E-state index is 13.0. The molecule has 1 aliphatic heterocycles. The number of alkyl halides is 3. The summed E-state index contributed by atoms with van der Waals surface area (Å²) in [5, 5.41) is 7.69. The molecule has 27 heavy (non-hydrogen) atoms. The molecule has 0 unspecified atom stereocenters. The summed E-state index contributed by atoms with van der Waals surface area (Å²) in [4.78, 5) is 2.21. The molecule has 1 fully saturated rings. The standard InChI is InChI=1S/C22H23F3N2/c23-22(24,25)10-9-21(27-13-11-26-12-14-27)20-15-16-5-1-2-6-17(16)18-7-3-4-8-19(18)20/h1-8,15,21,26H,9-14H2/t21-/m0/s1. The van der Waals surface area contributed by atoms with E-state index in [2.05, 4.69) is 28.4 Å². The predicted octanol–water partition coefficient (Wildman–Crippen LogP) is 5.28. The molecule has 1 saturated heterocycles. The Morgan fingerprint density at radius 3 is 2.22 bits per heavy atom. The lowest BCUT2D eigenvalue weighted by atomic mass is 9.90. The summed E-state index contributed by atoms with van der Waals surface area (Å²) < 4.78 is 39.1. The van der Waals surface area contributed by atoms with Gasteiger partial charge in [-0.05, 0) is 39.6 Å². The smallest absolute Gasteiger partial charge is 0.314 e. The minimum absolute atomic E-state index is 0.0891. The Labute approximate surface area is 157 Å². The van der Waals surface area contributed by atoms with E-state index >= 15 is 0 Å². The average Bonchev–Trinajstić information content (AvgIpc) is 2.68. The summed E-state index contributed by atoms with van der Waals surface area (Å²) in [6, 6.07) is 18.1. The molecule has 0 aromatic heterocycles. The molecule has 0 aliphatic carbocycles. The van der Waals surface area contributed by atoms with Crippen molar-refractivity contribution in [3.63, 3.8) is 0 Å². The minimum atomic E-state index is -4.14. The van der Waals surface area contributed by atoms with Crippen LogP contribution in [0.1, 0.15) is 24.4 Å². The van der Waals surface area contributed by atoms with Gasteiger partial charge in [-0.2, -0.15) is 13.2 Å². The fraction of sp³-hybridized carbons (Fsp3) is 0.364. The molecule has 2 nitrogen and oxygen atoms in total. The lowest BCUT2D eigenvalue weighted by Crippen LogP contribution is -2.45. The van der Waals surface area contributed by atoms with E-state index in [0.29, 0.717) is 0 Å². The fourth-order valence-electron chi connectivity index (χ4n) is 4.19. The van der Waals surface area contributed by atoms with Crippen LogP contribution in [-0.4, -0.2) is 37.3 Å². The summed E-state index contributed by atoms with van der Waals surface area (Å²) >= 11 is 0. The van der Waals surface area contributed by atoms with Crippen LogP contribution in [-0.2, 0) is 0 Å². The molecule has 3 aromatic rings. The highest BCUT2D eigenvalue weighted by Crippen LogP contribution is 2.38. The summed E-state index contributed by atoms with van der Waals surface area (Å²) in [6.45, 7) is 3.16. The largest absolute Gasteiger partial charge is 0.389 e. The first-order valence-electron chi connectivity index (χ1n) is 9.45. The highest BCUT2D eigenvalue weighted by Gasteiger charge is 2.32. The molecule has 0 saturated carbocycles. The van der Waals surface area contributed by atoms with Crippen molar-refractivity contribution in [2.45, 2.75) is 25.1 Å². The van der Waals surface area contributed by atoms with Crippen LogP contribution in [0.5, 0.6) is 0 Å². The molecule has 4 rings (SSSR count). The molecule has 0 amide bonds. The third-order valence-electron chi connectivity index (χ3n) is 5.45. The van der Waals surface area contributed by atoms with Gasteiger partial charge in [0.1, 0.15) is 0 Å². The first-order valence-corrected chi connectivity index (χ1v) is 9.45. The van der Waals surface area contributed by atoms with E-state index in [1.165, 1.54) is 0 Å². The highest BCUT2D eigenvalue weighted by molar-refractivity contribution is 6.09. The Kier molecular flexibility index (Phi) is 5.06. The Morgan fingerprint density at radius 2 is 1.52 bits per heavy atom. The summed E-state index contributed by atoms with van der Waals surface area (Å²) in [6.07, 6.45) is -4.81. The normalized spacial score (nSPS) is 17.4. The predicted molar refractivity (Wildman–Crippen MR) is 104 cm³/mol. The van der Waals surface area contributed by atoms with Gasteiger partial charge in [0.25, 0.3) is 0 Å². The number of halogens is 3. The SMILES string of the molecule is FC(F)(F)CC[C@@H](c1cc2ccccc2c2ccccc12)N1CCNCC1. The molecule has 1 atom stereocenters. The van der Waals surface area contributed by atoms with Crippen molar-refractivity contribution in [2.75, 3.05) is 26.2 Å². The summed E-state index contributed by atoms with van der Waals surface area (Å²) in [7, 11) is 0. The molecule has 142 valence electrons. The molecule has 3 aromatic carbocycles. The molecular weight excluding hydrogens is 349 g/mol. The first-order chi connectivity index (χ1) is 13.0. The van der Waals surface area contributed by atoms with Gasteiger partial charge in [0.05, 0.1) is 0 Å². The maximum atomic E-state index is 13.0. The van der Waals surface area contributed by atoms with Crippen molar-refractivity contribution in [3.8, 4) is 0 Å². The maximum Gasteiger partial charge on any atom is 0.389 e. The Hall–Kier alpha value is -2.11. The van der Waals surface area contributed by atoms with E-state index in [4.69, 9.17) is 0 Å². The lowest BCUT2D eigenvalue weighted by molar-refractivity contribution is -0.138. The van der Waals surface area contributed by atoms with Crippen LogP contribution in [0, 0.1) is 0 Å². The molecule has 1 N–H and O–H groups in total. The van der Waals surface area contributed by atoms with E-state index in [-0.39, 0.29) is 12.5 Å². The van der Waals surface area contributed by atoms with Gasteiger partial charge >= 0.3 is 6.18 Å². The zero-order valence-electron chi connectivity index (χ0n) is 15.1. The lowest BCUT2D eigenvalue weighted by Gasteiger charge is -2.36. The van der Waals surface area contributed by atoms with E-state index in [1.54, 1.807) is 0 Å². The number of benzene rings is 3. The van der Waals surface area contributed by atoms with Gasteiger partial charge < -0.3 is 5.32 Å². The second-order valence-electron chi connectivity index (χ2n) is 7.19. The number of nitrogens with one attached hydrogen (secondary N) is 1. The number of fused-ring (bicyclic) bond motifs is 3. The zero-order valence-corrected chi connectivity index (χ0v) is 15.1. The van der Waals surface area contributed by atoms with E-state index in [0.717, 1.165) is 53.3 Å². The number of nitrogens with zero attached hydrogens (tertiary/aromatic N) is 1. The average molecular weight is 372 g/mol. The van der Waals surface area contributed by atoms with E-state index in [1.807, 2.05) is 36.4 Å². The van der Waals surface area contributed by atoms with Crippen molar-refractivity contribution in [3.05, 3.63) is 60.2 Å². The Bertz CT molecular complexity index is 930. The number of hydrogen-bond donors (Lipinski definition) is 1. The van der Waals surface area contributed by atoms with Crippen molar-refractivity contribution >= 4 is 21.5 Å². The van der Waals surface area contributed by atoms with Crippen LogP contribution in [0.25, 0.3) is 21.5 Å². The van der Waals surface area contributed by atoms with Crippen LogP contribution in [0.4, 0.5) is 13.2 Å². The van der Waals surface area contributed by atoms with Gasteiger partial charge in [0.15, 0.2) is 0 Å². The van der Waals surface area contributed by atoms with Gasteiger partial charge in [0.2, 0.25) is 0 Å². The molecule has 5 heteroatoms. The van der Waals surface area contributed by atoms with Gasteiger partial charge in [-0.1, -0.05) is 48.5 Å². The third-order valence-corrected chi connectivity index (χ3v) is 5.45. The number of hydrogen-bond acceptors (Lipinski definition) is 2. The van der Waals surface area contributed by atoms with E-state index < -0.39 is 12.6 Å². The van der Waals surface area contributed by atoms with Crippen LogP contribution >= 0.6 is 0 Å².